The van der Waals surface area contributed by atoms with E-state index in [1.54, 1.807) is 0 Å². The van der Waals surface area contributed by atoms with E-state index in [1.807, 2.05) is 0 Å². The molecule has 0 radical (unpaired) electrons. The monoisotopic (exact) mass is 154 g/mol. The SMILES string of the molecule is CCC[C@H](O)[C@H]1C=CCCC1. The summed E-state index contributed by atoms with van der Waals surface area (Å²) in [5.74, 6) is 0.448. The van der Waals surface area contributed by atoms with Crippen molar-refractivity contribution in [2.45, 2.75) is 45.1 Å². The first-order valence-corrected chi connectivity index (χ1v) is 4.69. The molecule has 0 fully saturated rings. The van der Waals surface area contributed by atoms with E-state index in [1.165, 1.54) is 19.3 Å². The summed E-state index contributed by atoms with van der Waals surface area (Å²) in [4.78, 5) is 0. The van der Waals surface area contributed by atoms with Crippen molar-refractivity contribution in [3.05, 3.63) is 12.2 Å². The minimum atomic E-state index is -0.0865. The molecular formula is C10H18O. The van der Waals surface area contributed by atoms with Crippen LogP contribution in [0.1, 0.15) is 39.0 Å². The summed E-state index contributed by atoms with van der Waals surface area (Å²) in [6.45, 7) is 2.12. The molecule has 1 nitrogen and oxygen atoms in total. The van der Waals surface area contributed by atoms with Gasteiger partial charge in [0.2, 0.25) is 0 Å². The molecule has 11 heavy (non-hydrogen) atoms. The summed E-state index contributed by atoms with van der Waals surface area (Å²) < 4.78 is 0. The maximum absolute atomic E-state index is 9.62. The quantitative estimate of drug-likeness (QED) is 0.619. The maximum atomic E-state index is 9.62. The highest BCUT2D eigenvalue weighted by Crippen LogP contribution is 2.22. The average Bonchev–Trinajstić information content (AvgIpc) is 2.07. The Balaban J connectivity index is 2.32. The lowest BCUT2D eigenvalue weighted by Gasteiger charge is -2.21. The van der Waals surface area contributed by atoms with Crippen LogP contribution < -0.4 is 0 Å². The molecule has 1 heteroatoms. The Hall–Kier alpha value is -0.300. The van der Waals surface area contributed by atoms with E-state index >= 15 is 0 Å². The smallest absolute Gasteiger partial charge is 0.0602 e. The lowest BCUT2D eigenvalue weighted by Crippen LogP contribution is -2.19. The van der Waals surface area contributed by atoms with Gasteiger partial charge in [0, 0.05) is 5.92 Å². The Morgan fingerprint density at radius 1 is 1.64 bits per heavy atom. The van der Waals surface area contributed by atoms with Gasteiger partial charge in [0.15, 0.2) is 0 Å². The largest absolute Gasteiger partial charge is 0.393 e. The third kappa shape index (κ3) is 2.66. The summed E-state index contributed by atoms with van der Waals surface area (Å²) in [7, 11) is 0. The zero-order valence-electron chi connectivity index (χ0n) is 7.29. The first kappa shape index (κ1) is 8.79. The molecule has 0 heterocycles. The fourth-order valence-electron chi connectivity index (χ4n) is 1.67. The van der Waals surface area contributed by atoms with Gasteiger partial charge in [-0.3, -0.25) is 0 Å². The normalized spacial score (nSPS) is 26.9. The number of aliphatic hydroxyl groups excluding tert-OH is 1. The van der Waals surface area contributed by atoms with Gasteiger partial charge in [0.1, 0.15) is 0 Å². The molecule has 1 aliphatic rings. The van der Waals surface area contributed by atoms with Gasteiger partial charge in [-0.05, 0) is 25.7 Å². The van der Waals surface area contributed by atoms with Crippen LogP contribution in [-0.2, 0) is 0 Å². The maximum Gasteiger partial charge on any atom is 0.0602 e. The van der Waals surface area contributed by atoms with Gasteiger partial charge in [-0.1, -0.05) is 25.5 Å². The van der Waals surface area contributed by atoms with Crippen LogP contribution in [0, 0.1) is 5.92 Å². The Bertz CT molecular complexity index is 129. The van der Waals surface area contributed by atoms with Crippen molar-refractivity contribution >= 4 is 0 Å². The number of hydrogen-bond acceptors (Lipinski definition) is 1. The minimum absolute atomic E-state index is 0.0865. The highest BCUT2D eigenvalue weighted by Gasteiger charge is 2.16. The number of hydrogen-bond donors (Lipinski definition) is 1. The van der Waals surface area contributed by atoms with Gasteiger partial charge in [0.05, 0.1) is 6.10 Å². The minimum Gasteiger partial charge on any atom is -0.393 e. The Morgan fingerprint density at radius 3 is 3.00 bits per heavy atom. The van der Waals surface area contributed by atoms with Crippen molar-refractivity contribution in [2.24, 2.45) is 5.92 Å². The summed E-state index contributed by atoms with van der Waals surface area (Å²) in [5.41, 5.74) is 0. The zero-order chi connectivity index (χ0) is 8.10. The van der Waals surface area contributed by atoms with Crippen molar-refractivity contribution in [2.75, 3.05) is 0 Å². The second kappa shape index (κ2) is 4.55. The lowest BCUT2D eigenvalue weighted by molar-refractivity contribution is 0.112. The first-order valence-electron chi connectivity index (χ1n) is 4.69. The van der Waals surface area contributed by atoms with Crippen LogP contribution in [0.3, 0.4) is 0 Å². The topological polar surface area (TPSA) is 20.2 Å². The molecular weight excluding hydrogens is 136 g/mol. The standard InChI is InChI=1S/C10H18O/c1-2-6-10(11)9-7-4-3-5-8-9/h4,7,9-11H,2-3,5-6,8H2,1H3/t9-,10-/m0/s1. The molecule has 0 aromatic carbocycles. The number of aliphatic hydroxyl groups is 1. The number of allylic oxidation sites excluding steroid dienone is 1. The first-order chi connectivity index (χ1) is 5.34. The van der Waals surface area contributed by atoms with Crippen LogP contribution in [0.5, 0.6) is 0 Å². The van der Waals surface area contributed by atoms with Crippen LogP contribution in [0.2, 0.25) is 0 Å². The fourth-order valence-corrected chi connectivity index (χ4v) is 1.67. The van der Waals surface area contributed by atoms with Crippen LogP contribution >= 0.6 is 0 Å². The molecule has 0 amide bonds. The molecule has 0 aromatic rings. The molecule has 1 rings (SSSR count). The third-order valence-corrected chi connectivity index (χ3v) is 2.37. The summed E-state index contributed by atoms with van der Waals surface area (Å²) >= 11 is 0. The highest BCUT2D eigenvalue weighted by atomic mass is 16.3. The Kier molecular flexibility index (Phi) is 3.64. The molecule has 0 bridgehead atoms. The predicted octanol–water partition coefficient (Wildman–Crippen LogP) is 2.50. The molecule has 2 atom stereocenters. The van der Waals surface area contributed by atoms with E-state index in [-0.39, 0.29) is 6.10 Å². The molecule has 1 N–H and O–H groups in total. The predicted molar refractivity (Wildman–Crippen MR) is 47.4 cm³/mol. The molecule has 0 aromatic heterocycles. The van der Waals surface area contributed by atoms with Gasteiger partial charge in [-0.2, -0.15) is 0 Å². The van der Waals surface area contributed by atoms with E-state index in [4.69, 9.17) is 0 Å². The molecule has 0 spiro atoms. The van der Waals surface area contributed by atoms with E-state index < -0.39 is 0 Å². The Morgan fingerprint density at radius 2 is 2.45 bits per heavy atom. The van der Waals surface area contributed by atoms with Crippen molar-refractivity contribution in [3.8, 4) is 0 Å². The van der Waals surface area contributed by atoms with Gasteiger partial charge in [-0.15, -0.1) is 0 Å². The summed E-state index contributed by atoms with van der Waals surface area (Å²) in [6, 6.07) is 0. The van der Waals surface area contributed by atoms with Crippen LogP contribution in [-0.4, -0.2) is 11.2 Å². The van der Waals surface area contributed by atoms with Crippen molar-refractivity contribution in [1.82, 2.24) is 0 Å². The van der Waals surface area contributed by atoms with Crippen molar-refractivity contribution < 1.29 is 5.11 Å². The molecule has 0 saturated heterocycles. The Labute approximate surface area is 69.1 Å². The third-order valence-electron chi connectivity index (χ3n) is 2.37. The number of rotatable bonds is 3. The van der Waals surface area contributed by atoms with E-state index in [0.29, 0.717) is 5.92 Å². The van der Waals surface area contributed by atoms with E-state index in [2.05, 4.69) is 19.1 Å². The molecule has 0 saturated carbocycles. The van der Waals surface area contributed by atoms with E-state index in [9.17, 15) is 5.11 Å². The highest BCUT2D eigenvalue weighted by molar-refractivity contribution is 4.95. The molecule has 64 valence electrons. The van der Waals surface area contributed by atoms with Crippen LogP contribution in [0.25, 0.3) is 0 Å². The van der Waals surface area contributed by atoms with Crippen molar-refractivity contribution in [3.63, 3.8) is 0 Å². The van der Waals surface area contributed by atoms with Crippen LogP contribution in [0.15, 0.2) is 12.2 Å². The average molecular weight is 154 g/mol. The van der Waals surface area contributed by atoms with Crippen molar-refractivity contribution in [1.29, 1.82) is 0 Å². The molecule has 1 aliphatic carbocycles. The zero-order valence-corrected chi connectivity index (χ0v) is 7.29. The van der Waals surface area contributed by atoms with Gasteiger partial charge in [0.25, 0.3) is 0 Å². The lowest BCUT2D eigenvalue weighted by atomic mass is 9.89. The van der Waals surface area contributed by atoms with Gasteiger partial charge >= 0.3 is 0 Å². The second-order valence-corrected chi connectivity index (χ2v) is 3.38. The summed E-state index contributed by atoms with van der Waals surface area (Å²) in [6.07, 6.45) is 9.98. The van der Waals surface area contributed by atoms with Gasteiger partial charge in [-0.25, -0.2) is 0 Å². The second-order valence-electron chi connectivity index (χ2n) is 3.38. The molecule has 0 aliphatic heterocycles. The fraction of sp³-hybridized carbons (Fsp3) is 0.800. The molecule has 0 unspecified atom stereocenters. The summed E-state index contributed by atoms with van der Waals surface area (Å²) in [5, 5.41) is 9.62. The van der Waals surface area contributed by atoms with E-state index in [0.717, 1.165) is 12.8 Å². The van der Waals surface area contributed by atoms with Gasteiger partial charge < -0.3 is 5.11 Å². The van der Waals surface area contributed by atoms with Crippen LogP contribution in [0.4, 0.5) is 0 Å².